The minimum Gasteiger partial charge on any atom is -0.499 e. The Morgan fingerprint density at radius 2 is 2.00 bits per heavy atom. The van der Waals surface area contributed by atoms with E-state index < -0.39 is 0 Å². The molecular weight excluding hydrogens is 150 g/mol. The molecule has 0 aliphatic carbocycles. The lowest BCUT2D eigenvalue weighted by Gasteiger charge is -2.00. The fourth-order valence-electron chi connectivity index (χ4n) is 0.434. The highest BCUT2D eigenvalue weighted by molar-refractivity contribution is 6.29. The van der Waals surface area contributed by atoms with E-state index in [2.05, 4.69) is 0 Å². The van der Waals surface area contributed by atoms with Gasteiger partial charge in [-0.1, -0.05) is 11.6 Å². The van der Waals surface area contributed by atoms with Crippen LogP contribution in [0, 0.1) is 0 Å². The number of halogens is 1. The summed E-state index contributed by atoms with van der Waals surface area (Å²) in [5.74, 6) is 0.681. The van der Waals surface area contributed by atoms with E-state index in [1.807, 2.05) is 0 Å². The average molecular weight is 162 g/mol. The van der Waals surface area contributed by atoms with Crippen molar-refractivity contribution in [2.45, 2.75) is 13.8 Å². The Kier molecular flexibility index (Phi) is 3.96. The first-order chi connectivity index (χ1) is 4.57. The maximum absolute atomic E-state index is 5.57. The Bertz CT molecular complexity index is 168. The van der Waals surface area contributed by atoms with Crippen LogP contribution in [0.2, 0.25) is 0 Å². The fourth-order valence-corrected chi connectivity index (χ4v) is 0.551. The van der Waals surface area contributed by atoms with E-state index in [0.717, 1.165) is 0 Å². The summed E-state index contributed by atoms with van der Waals surface area (Å²) in [7, 11) is 1.57. The van der Waals surface area contributed by atoms with Gasteiger partial charge in [-0.05, 0) is 19.9 Å². The molecule has 0 heterocycles. The summed E-state index contributed by atoms with van der Waals surface area (Å²) in [6.07, 6.45) is 1.65. The summed E-state index contributed by atoms with van der Waals surface area (Å²) in [6.45, 7) is 3.54. The molecule has 2 N–H and O–H groups in total. The number of nitrogens with two attached hydrogens (primary N) is 1. The molecule has 0 aromatic carbocycles. The number of rotatable bonds is 2. The molecule has 0 amide bonds. The standard InChI is InChI=1S/C7H12ClNO/c1-5(8)4-7(9)6(2)10-3/h4H,9H2,1-3H3/b5-4+,7-6-. The van der Waals surface area contributed by atoms with Crippen LogP contribution in [-0.2, 0) is 4.74 Å². The van der Waals surface area contributed by atoms with Gasteiger partial charge in [0.05, 0.1) is 12.8 Å². The molecule has 0 saturated carbocycles. The van der Waals surface area contributed by atoms with Gasteiger partial charge < -0.3 is 10.5 Å². The summed E-state index contributed by atoms with van der Waals surface area (Å²) in [6, 6.07) is 0. The Labute approximate surface area is 66.3 Å². The summed E-state index contributed by atoms with van der Waals surface area (Å²) in [5, 5.41) is 0.647. The molecule has 0 atom stereocenters. The lowest BCUT2D eigenvalue weighted by atomic mass is 10.3. The van der Waals surface area contributed by atoms with Gasteiger partial charge >= 0.3 is 0 Å². The van der Waals surface area contributed by atoms with Crippen molar-refractivity contribution >= 4 is 11.6 Å². The molecule has 3 heteroatoms. The topological polar surface area (TPSA) is 35.2 Å². The molecule has 58 valence electrons. The third-order valence-electron chi connectivity index (χ3n) is 1.07. The monoisotopic (exact) mass is 161 g/mol. The molecular formula is C7H12ClNO. The summed E-state index contributed by atoms with van der Waals surface area (Å²) >= 11 is 5.57. The van der Waals surface area contributed by atoms with Gasteiger partial charge in [0, 0.05) is 5.03 Å². The molecule has 0 radical (unpaired) electrons. The van der Waals surface area contributed by atoms with Crippen LogP contribution in [0.1, 0.15) is 13.8 Å². The summed E-state index contributed by atoms with van der Waals surface area (Å²) in [4.78, 5) is 0. The van der Waals surface area contributed by atoms with Gasteiger partial charge in [0.2, 0.25) is 0 Å². The fraction of sp³-hybridized carbons (Fsp3) is 0.429. The highest BCUT2D eigenvalue weighted by Crippen LogP contribution is 2.05. The Hall–Kier alpha value is -0.630. The van der Waals surface area contributed by atoms with Gasteiger partial charge in [-0.3, -0.25) is 0 Å². The molecule has 0 aromatic rings. The molecule has 0 fully saturated rings. The summed E-state index contributed by atoms with van der Waals surface area (Å²) in [5.41, 5.74) is 6.09. The Morgan fingerprint density at radius 1 is 1.50 bits per heavy atom. The predicted molar refractivity (Wildman–Crippen MR) is 43.5 cm³/mol. The quantitative estimate of drug-likeness (QED) is 0.497. The Morgan fingerprint density at radius 3 is 2.30 bits per heavy atom. The number of ether oxygens (including phenoxy) is 1. The highest BCUT2D eigenvalue weighted by atomic mass is 35.5. The van der Waals surface area contributed by atoms with Gasteiger partial charge in [-0.15, -0.1) is 0 Å². The molecule has 0 aromatic heterocycles. The predicted octanol–water partition coefficient (Wildman–Crippen LogP) is 1.97. The average Bonchev–Trinajstić information content (AvgIpc) is 1.85. The number of hydrogen-bond donors (Lipinski definition) is 1. The molecule has 10 heavy (non-hydrogen) atoms. The zero-order valence-electron chi connectivity index (χ0n) is 6.44. The molecule has 0 unspecified atom stereocenters. The van der Waals surface area contributed by atoms with Gasteiger partial charge in [0.1, 0.15) is 5.76 Å². The van der Waals surface area contributed by atoms with Crippen molar-refractivity contribution in [3.63, 3.8) is 0 Å². The first kappa shape index (κ1) is 9.37. The zero-order valence-corrected chi connectivity index (χ0v) is 7.20. The molecule has 0 saturated heterocycles. The van der Waals surface area contributed by atoms with Gasteiger partial charge in [-0.2, -0.15) is 0 Å². The first-order valence-electron chi connectivity index (χ1n) is 2.92. The third-order valence-corrected chi connectivity index (χ3v) is 1.18. The minimum atomic E-state index is 0.565. The normalized spacial score (nSPS) is 14.6. The van der Waals surface area contributed by atoms with Crippen molar-refractivity contribution in [3.8, 4) is 0 Å². The second-order valence-corrected chi connectivity index (χ2v) is 2.54. The maximum atomic E-state index is 5.57. The van der Waals surface area contributed by atoms with Crippen molar-refractivity contribution in [1.29, 1.82) is 0 Å². The molecule has 0 rings (SSSR count). The van der Waals surface area contributed by atoms with Crippen molar-refractivity contribution < 1.29 is 4.74 Å². The SMILES string of the molecule is CO/C(C)=C(N)/C=C(\C)Cl. The van der Waals surface area contributed by atoms with Crippen LogP contribution >= 0.6 is 11.6 Å². The van der Waals surface area contributed by atoms with Crippen LogP contribution in [0.3, 0.4) is 0 Å². The molecule has 0 spiro atoms. The van der Waals surface area contributed by atoms with E-state index in [0.29, 0.717) is 16.5 Å². The van der Waals surface area contributed by atoms with E-state index in [4.69, 9.17) is 22.1 Å². The largest absolute Gasteiger partial charge is 0.499 e. The van der Waals surface area contributed by atoms with Gasteiger partial charge in [0.25, 0.3) is 0 Å². The van der Waals surface area contributed by atoms with E-state index in [1.165, 1.54) is 0 Å². The minimum absolute atomic E-state index is 0.565. The van der Waals surface area contributed by atoms with Crippen LogP contribution < -0.4 is 5.73 Å². The number of allylic oxidation sites excluding steroid dienone is 3. The number of hydrogen-bond acceptors (Lipinski definition) is 2. The molecule has 0 bridgehead atoms. The lowest BCUT2D eigenvalue weighted by Crippen LogP contribution is -1.98. The van der Waals surface area contributed by atoms with Crippen LogP contribution in [0.25, 0.3) is 0 Å². The first-order valence-corrected chi connectivity index (χ1v) is 3.30. The van der Waals surface area contributed by atoms with Crippen LogP contribution in [0.4, 0.5) is 0 Å². The van der Waals surface area contributed by atoms with Crippen molar-refractivity contribution in [2.24, 2.45) is 5.73 Å². The van der Waals surface area contributed by atoms with Gasteiger partial charge in [-0.25, -0.2) is 0 Å². The third kappa shape index (κ3) is 3.41. The molecule has 0 aliphatic rings. The van der Waals surface area contributed by atoms with Crippen molar-refractivity contribution in [1.82, 2.24) is 0 Å². The van der Waals surface area contributed by atoms with Gasteiger partial charge in [0.15, 0.2) is 0 Å². The molecule has 2 nitrogen and oxygen atoms in total. The van der Waals surface area contributed by atoms with E-state index in [9.17, 15) is 0 Å². The second kappa shape index (κ2) is 4.23. The van der Waals surface area contributed by atoms with E-state index in [1.54, 1.807) is 27.0 Å². The van der Waals surface area contributed by atoms with Crippen molar-refractivity contribution in [2.75, 3.05) is 7.11 Å². The van der Waals surface area contributed by atoms with E-state index in [-0.39, 0.29) is 0 Å². The van der Waals surface area contributed by atoms with E-state index >= 15 is 0 Å². The molecule has 0 aliphatic heterocycles. The Balaban J connectivity index is 4.33. The number of methoxy groups -OCH3 is 1. The lowest BCUT2D eigenvalue weighted by molar-refractivity contribution is 0.289. The smallest absolute Gasteiger partial charge is 0.115 e. The summed E-state index contributed by atoms with van der Waals surface area (Å²) < 4.78 is 4.86. The zero-order chi connectivity index (χ0) is 8.15. The maximum Gasteiger partial charge on any atom is 0.115 e. The highest BCUT2D eigenvalue weighted by Gasteiger charge is 1.92. The van der Waals surface area contributed by atoms with Crippen LogP contribution in [-0.4, -0.2) is 7.11 Å². The van der Waals surface area contributed by atoms with Crippen LogP contribution in [0.5, 0.6) is 0 Å². The second-order valence-electron chi connectivity index (χ2n) is 1.95. The van der Waals surface area contributed by atoms with Crippen molar-refractivity contribution in [3.05, 3.63) is 22.6 Å². The van der Waals surface area contributed by atoms with Crippen LogP contribution in [0.15, 0.2) is 22.6 Å².